The molecule has 0 atom stereocenters. The number of H-pyrrole nitrogens is 1. The van der Waals surface area contributed by atoms with Crippen molar-refractivity contribution in [3.05, 3.63) is 55.1 Å². The van der Waals surface area contributed by atoms with Gasteiger partial charge in [0.05, 0.1) is 29.3 Å². The first-order valence-electron chi connectivity index (χ1n) is 10.4. The van der Waals surface area contributed by atoms with E-state index in [0.29, 0.717) is 16.9 Å². The van der Waals surface area contributed by atoms with Crippen molar-refractivity contribution in [2.45, 2.75) is 32.1 Å². The average molecular weight is 462 g/mol. The zero-order valence-electron chi connectivity index (χ0n) is 18.7. The van der Waals surface area contributed by atoms with Gasteiger partial charge in [-0.1, -0.05) is 6.07 Å². The molecule has 33 heavy (non-hydrogen) atoms. The summed E-state index contributed by atoms with van der Waals surface area (Å²) in [6.45, 7) is 6.44. The Hall–Kier alpha value is -3.66. The van der Waals surface area contributed by atoms with E-state index in [0.717, 1.165) is 33.9 Å². The average Bonchev–Trinajstić information content (AvgIpc) is 3.36. The van der Waals surface area contributed by atoms with E-state index in [4.69, 9.17) is 4.98 Å². The number of nitrogens with zero attached hydrogens (tertiary/aromatic N) is 6. The summed E-state index contributed by atoms with van der Waals surface area (Å²) in [7, 11) is -3.20. The van der Waals surface area contributed by atoms with Gasteiger partial charge in [0.1, 0.15) is 17.1 Å². The molecule has 0 spiro atoms. The van der Waals surface area contributed by atoms with Crippen LogP contribution in [-0.2, 0) is 21.1 Å². The van der Waals surface area contributed by atoms with Crippen LogP contribution >= 0.6 is 0 Å². The molecule has 0 unspecified atom stereocenters. The molecule has 0 bridgehead atoms. The minimum absolute atomic E-state index is 0.0934. The molecule has 0 aliphatic heterocycles. The monoisotopic (exact) mass is 461 g/mol. The molecular weight excluding hydrogens is 438 g/mol. The van der Waals surface area contributed by atoms with Crippen LogP contribution in [0.2, 0.25) is 0 Å². The first-order valence-corrected chi connectivity index (χ1v) is 12.5. The van der Waals surface area contributed by atoms with Gasteiger partial charge in [0, 0.05) is 41.5 Å². The van der Waals surface area contributed by atoms with Crippen molar-refractivity contribution >= 4 is 32.0 Å². The van der Waals surface area contributed by atoms with Crippen LogP contribution in [0.15, 0.2) is 49.3 Å². The van der Waals surface area contributed by atoms with Gasteiger partial charge in [-0.2, -0.15) is 0 Å². The number of imidazole rings is 1. The predicted octanol–water partition coefficient (Wildman–Crippen LogP) is 3.73. The Morgan fingerprint density at radius 2 is 1.76 bits per heavy atom. The Balaban J connectivity index is 1.57. The normalized spacial score (nSPS) is 12.6. The van der Waals surface area contributed by atoms with Crippen LogP contribution in [0.3, 0.4) is 0 Å². The quantitative estimate of drug-likeness (QED) is 0.433. The van der Waals surface area contributed by atoms with Crippen molar-refractivity contribution in [3.8, 4) is 22.4 Å². The van der Waals surface area contributed by atoms with Crippen LogP contribution in [0.1, 0.15) is 26.6 Å². The summed E-state index contributed by atoms with van der Waals surface area (Å²) in [6, 6.07) is 6.16. The van der Waals surface area contributed by atoms with E-state index in [1.807, 2.05) is 24.7 Å². The number of hydrogen-bond acceptors (Lipinski definition) is 7. The molecule has 5 rings (SSSR count). The van der Waals surface area contributed by atoms with Gasteiger partial charge in [0.2, 0.25) is 0 Å². The number of rotatable bonds is 4. The lowest BCUT2D eigenvalue weighted by atomic mass is 10.1. The SMILES string of the molecule is CC(C)(C)n1cnc2ccc(-c3c[nH]c4ncc(-c5cnc(CS(C)(=O)=O)nc5)nc34)cc21. The summed E-state index contributed by atoms with van der Waals surface area (Å²) in [5.41, 5.74) is 6.50. The van der Waals surface area contributed by atoms with E-state index in [2.05, 4.69) is 56.3 Å². The van der Waals surface area contributed by atoms with Crippen molar-refractivity contribution in [1.82, 2.24) is 34.5 Å². The number of sulfone groups is 1. The molecular formula is C23H23N7O2S. The summed E-state index contributed by atoms with van der Waals surface area (Å²) >= 11 is 0. The summed E-state index contributed by atoms with van der Waals surface area (Å²) in [5, 5.41) is 0. The van der Waals surface area contributed by atoms with Gasteiger partial charge >= 0.3 is 0 Å². The maximum absolute atomic E-state index is 11.5. The smallest absolute Gasteiger partial charge is 0.156 e. The summed E-state index contributed by atoms with van der Waals surface area (Å²) in [5.74, 6) is 0.0505. The van der Waals surface area contributed by atoms with E-state index in [1.165, 1.54) is 0 Å². The van der Waals surface area contributed by atoms with Crippen LogP contribution in [0.4, 0.5) is 0 Å². The lowest BCUT2D eigenvalue weighted by Crippen LogP contribution is -2.20. The second kappa shape index (κ2) is 7.45. The zero-order chi connectivity index (χ0) is 23.4. The zero-order valence-corrected chi connectivity index (χ0v) is 19.6. The molecule has 0 radical (unpaired) electrons. The van der Waals surface area contributed by atoms with Gasteiger partial charge < -0.3 is 9.55 Å². The highest BCUT2D eigenvalue weighted by Crippen LogP contribution is 2.31. The van der Waals surface area contributed by atoms with Crippen molar-refractivity contribution in [1.29, 1.82) is 0 Å². The Labute approximate surface area is 190 Å². The molecule has 10 heteroatoms. The minimum atomic E-state index is -3.20. The Morgan fingerprint density at radius 3 is 2.45 bits per heavy atom. The number of aromatic nitrogens is 7. The topological polar surface area (TPSA) is 119 Å². The third-order valence-corrected chi connectivity index (χ3v) is 6.14. The lowest BCUT2D eigenvalue weighted by Gasteiger charge is -2.21. The van der Waals surface area contributed by atoms with Gasteiger partial charge in [-0.05, 0) is 38.5 Å². The largest absolute Gasteiger partial charge is 0.344 e. The minimum Gasteiger partial charge on any atom is -0.344 e. The molecule has 0 saturated heterocycles. The number of benzene rings is 1. The summed E-state index contributed by atoms with van der Waals surface area (Å²) in [6.07, 6.45) is 9.72. The van der Waals surface area contributed by atoms with Crippen molar-refractivity contribution in [2.75, 3.05) is 6.26 Å². The van der Waals surface area contributed by atoms with Crippen molar-refractivity contribution in [3.63, 3.8) is 0 Å². The maximum atomic E-state index is 11.5. The maximum Gasteiger partial charge on any atom is 0.156 e. The van der Waals surface area contributed by atoms with E-state index in [9.17, 15) is 8.42 Å². The highest BCUT2D eigenvalue weighted by molar-refractivity contribution is 7.89. The highest BCUT2D eigenvalue weighted by atomic mass is 32.2. The van der Waals surface area contributed by atoms with Crippen LogP contribution in [0, 0.1) is 0 Å². The second-order valence-electron chi connectivity index (χ2n) is 9.10. The van der Waals surface area contributed by atoms with Crippen LogP contribution in [-0.4, -0.2) is 49.1 Å². The number of hydrogen-bond donors (Lipinski definition) is 1. The van der Waals surface area contributed by atoms with E-state index < -0.39 is 9.84 Å². The predicted molar refractivity (Wildman–Crippen MR) is 127 cm³/mol. The standard InChI is InChI=1S/C23H23N7O2S/c1-23(2,3)30-13-28-17-6-5-14(7-19(17)30)16-10-26-22-21(16)29-18(11-27-22)15-8-24-20(25-9-15)12-33(4,31)32/h5-11,13H,12H2,1-4H3,(H,26,27). The first kappa shape index (κ1) is 21.2. The van der Waals surface area contributed by atoms with Gasteiger partial charge in [0.25, 0.3) is 0 Å². The summed E-state index contributed by atoms with van der Waals surface area (Å²) < 4.78 is 25.1. The third kappa shape index (κ3) is 4.09. The van der Waals surface area contributed by atoms with E-state index in [1.54, 1.807) is 18.6 Å². The molecule has 0 fully saturated rings. The molecule has 1 aromatic carbocycles. The van der Waals surface area contributed by atoms with Crippen molar-refractivity contribution in [2.24, 2.45) is 0 Å². The van der Waals surface area contributed by atoms with Crippen LogP contribution in [0.5, 0.6) is 0 Å². The summed E-state index contributed by atoms with van der Waals surface area (Å²) in [4.78, 5) is 25.4. The number of nitrogens with one attached hydrogen (secondary N) is 1. The molecule has 0 aliphatic rings. The Bertz CT molecular complexity index is 1590. The van der Waals surface area contributed by atoms with E-state index in [-0.39, 0.29) is 17.1 Å². The molecule has 9 nitrogen and oxygen atoms in total. The van der Waals surface area contributed by atoms with E-state index >= 15 is 0 Å². The van der Waals surface area contributed by atoms with Crippen LogP contribution in [0.25, 0.3) is 44.6 Å². The van der Waals surface area contributed by atoms with Gasteiger partial charge in [-0.3, -0.25) is 0 Å². The fraction of sp³-hybridized carbons (Fsp3) is 0.261. The van der Waals surface area contributed by atoms with Gasteiger partial charge in [-0.25, -0.2) is 33.3 Å². The number of aromatic amines is 1. The molecule has 5 aromatic rings. The molecule has 0 saturated carbocycles. The fourth-order valence-electron chi connectivity index (χ4n) is 3.76. The van der Waals surface area contributed by atoms with Crippen molar-refractivity contribution < 1.29 is 8.42 Å². The molecule has 1 N–H and O–H groups in total. The fourth-order valence-corrected chi connectivity index (χ4v) is 4.37. The molecule has 4 heterocycles. The van der Waals surface area contributed by atoms with Gasteiger partial charge in [0.15, 0.2) is 15.5 Å². The highest BCUT2D eigenvalue weighted by Gasteiger charge is 2.18. The van der Waals surface area contributed by atoms with Crippen LogP contribution < -0.4 is 0 Å². The molecule has 168 valence electrons. The Morgan fingerprint density at radius 1 is 1.00 bits per heavy atom. The number of fused-ring (bicyclic) bond motifs is 2. The lowest BCUT2D eigenvalue weighted by molar-refractivity contribution is 0.408. The third-order valence-electron chi connectivity index (χ3n) is 5.35. The molecule has 4 aromatic heterocycles. The molecule has 0 aliphatic carbocycles. The first-order chi connectivity index (χ1) is 15.6. The molecule has 0 amide bonds. The second-order valence-corrected chi connectivity index (χ2v) is 11.2. The van der Waals surface area contributed by atoms with Gasteiger partial charge in [-0.15, -0.1) is 0 Å². The Kier molecular flexibility index (Phi) is 4.78.